The fraction of sp³-hybridized carbons (Fsp3) is 0.333. The van der Waals surface area contributed by atoms with Crippen molar-refractivity contribution in [3.63, 3.8) is 0 Å². The average Bonchev–Trinajstić information content (AvgIpc) is 2.27. The Morgan fingerprint density at radius 2 is 2.00 bits per heavy atom. The molecular formula is C12H15NO3. The molecule has 16 heavy (non-hydrogen) atoms. The number of carboxylic acids is 1. The monoisotopic (exact) mass is 221 g/mol. The molecule has 0 aliphatic carbocycles. The van der Waals surface area contributed by atoms with Crippen LogP contribution < -0.4 is 5.32 Å². The molecule has 1 aromatic carbocycles. The molecule has 0 heterocycles. The first-order chi connectivity index (χ1) is 7.65. The fourth-order valence-corrected chi connectivity index (χ4v) is 1.48. The van der Waals surface area contributed by atoms with Crippen LogP contribution in [0.25, 0.3) is 0 Å². The second kappa shape index (κ2) is 5.90. The van der Waals surface area contributed by atoms with E-state index in [4.69, 9.17) is 5.11 Å². The maximum absolute atomic E-state index is 11.2. The molecule has 0 aliphatic rings. The number of carboxylic acid groups (broad SMARTS) is 1. The third-order valence-electron chi connectivity index (χ3n) is 2.24. The van der Waals surface area contributed by atoms with Crippen LogP contribution in [0.3, 0.4) is 0 Å². The topological polar surface area (TPSA) is 66.4 Å². The lowest BCUT2D eigenvalue weighted by molar-refractivity contribution is -0.120. The highest BCUT2D eigenvalue weighted by Crippen LogP contribution is 2.10. The normalized spacial score (nSPS) is 9.81. The molecule has 0 saturated heterocycles. The van der Waals surface area contributed by atoms with E-state index in [1.165, 1.54) is 0 Å². The second-order valence-corrected chi connectivity index (χ2v) is 3.42. The van der Waals surface area contributed by atoms with Gasteiger partial charge in [-0.2, -0.15) is 0 Å². The Labute approximate surface area is 94.3 Å². The van der Waals surface area contributed by atoms with E-state index >= 15 is 0 Å². The van der Waals surface area contributed by atoms with Gasteiger partial charge in [-0.15, -0.1) is 0 Å². The Morgan fingerprint density at radius 3 is 2.62 bits per heavy atom. The van der Waals surface area contributed by atoms with Crippen molar-refractivity contribution in [3.8, 4) is 0 Å². The summed E-state index contributed by atoms with van der Waals surface area (Å²) in [6.45, 7) is 2.45. The van der Waals surface area contributed by atoms with Crippen molar-refractivity contribution in [2.45, 2.75) is 19.8 Å². The molecular weight excluding hydrogens is 206 g/mol. The molecule has 2 N–H and O–H groups in total. The zero-order valence-corrected chi connectivity index (χ0v) is 9.19. The first-order valence-corrected chi connectivity index (χ1v) is 5.23. The van der Waals surface area contributed by atoms with Crippen molar-refractivity contribution in [2.24, 2.45) is 0 Å². The van der Waals surface area contributed by atoms with Crippen molar-refractivity contribution in [1.29, 1.82) is 0 Å². The lowest BCUT2D eigenvalue weighted by Crippen LogP contribution is -2.23. The van der Waals surface area contributed by atoms with Gasteiger partial charge in [0, 0.05) is 13.0 Å². The largest absolute Gasteiger partial charge is 0.478 e. The molecule has 4 nitrogen and oxygen atoms in total. The standard InChI is InChI=1S/C12H15NO3/c1-2-13-11(14)8-7-9-5-3-4-6-10(9)12(15)16/h3-6H,2,7-8H2,1H3,(H,13,14)(H,15,16). The molecule has 0 bridgehead atoms. The molecule has 0 fully saturated rings. The van der Waals surface area contributed by atoms with E-state index in [9.17, 15) is 9.59 Å². The predicted molar refractivity (Wildman–Crippen MR) is 60.4 cm³/mol. The number of carbonyl (C=O) groups excluding carboxylic acids is 1. The van der Waals surface area contributed by atoms with Gasteiger partial charge in [0.25, 0.3) is 0 Å². The molecule has 1 amide bonds. The summed E-state index contributed by atoms with van der Waals surface area (Å²) < 4.78 is 0. The van der Waals surface area contributed by atoms with Gasteiger partial charge in [0.2, 0.25) is 5.91 Å². The van der Waals surface area contributed by atoms with Gasteiger partial charge in [0.1, 0.15) is 0 Å². The van der Waals surface area contributed by atoms with Gasteiger partial charge in [-0.25, -0.2) is 4.79 Å². The predicted octanol–water partition coefficient (Wildman–Crippen LogP) is 1.45. The molecule has 1 aromatic rings. The van der Waals surface area contributed by atoms with Crippen LogP contribution in [0.4, 0.5) is 0 Å². The number of carbonyl (C=O) groups is 2. The average molecular weight is 221 g/mol. The number of benzene rings is 1. The van der Waals surface area contributed by atoms with Gasteiger partial charge in [-0.3, -0.25) is 4.79 Å². The molecule has 4 heteroatoms. The fourth-order valence-electron chi connectivity index (χ4n) is 1.48. The van der Waals surface area contributed by atoms with Crippen LogP contribution in [0, 0.1) is 0 Å². The summed E-state index contributed by atoms with van der Waals surface area (Å²) in [7, 11) is 0. The van der Waals surface area contributed by atoms with E-state index in [0.717, 1.165) is 0 Å². The Morgan fingerprint density at radius 1 is 1.31 bits per heavy atom. The van der Waals surface area contributed by atoms with Crippen molar-refractivity contribution < 1.29 is 14.7 Å². The minimum Gasteiger partial charge on any atom is -0.478 e. The Kier molecular flexibility index (Phi) is 4.51. The van der Waals surface area contributed by atoms with Gasteiger partial charge < -0.3 is 10.4 Å². The molecule has 0 spiro atoms. The van der Waals surface area contributed by atoms with E-state index in [1.54, 1.807) is 24.3 Å². The van der Waals surface area contributed by atoms with Gasteiger partial charge in [0.05, 0.1) is 5.56 Å². The number of rotatable bonds is 5. The quantitative estimate of drug-likeness (QED) is 0.790. The summed E-state index contributed by atoms with van der Waals surface area (Å²) >= 11 is 0. The van der Waals surface area contributed by atoms with Crippen LogP contribution in [0.1, 0.15) is 29.3 Å². The SMILES string of the molecule is CCNC(=O)CCc1ccccc1C(=O)O. The third-order valence-corrected chi connectivity index (χ3v) is 2.24. The lowest BCUT2D eigenvalue weighted by Gasteiger charge is -2.05. The van der Waals surface area contributed by atoms with Gasteiger partial charge in [0.15, 0.2) is 0 Å². The molecule has 0 aromatic heterocycles. The number of hydrogen-bond donors (Lipinski definition) is 2. The van der Waals surface area contributed by atoms with Gasteiger partial charge in [-0.1, -0.05) is 18.2 Å². The summed E-state index contributed by atoms with van der Waals surface area (Å²) in [5.74, 6) is -1.01. The lowest BCUT2D eigenvalue weighted by atomic mass is 10.0. The highest BCUT2D eigenvalue weighted by atomic mass is 16.4. The molecule has 1 rings (SSSR count). The number of aryl methyl sites for hydroxylation is 1. The summed E-state index contributed by atoms with van der Waals surface area (Å²) in [6, 6.07) is 6.75. The van der Waals surface area contributed by atoms with Crippen molar-refractivity contribution in [3.05, 3.63) is 35.4 Å². The first kappa shape index (κ1) is 12.2. The van der Waals surface area contributed by atoms with E-state index in [2.05, 4.69) is 5.32 Å². The zero-order chi connectivity index (χ0) is 12.0. The van der Waals surface area contributed by atoms with E-state index in [0.29, 0.717) is 24.9 Å². The van der Waals surface area contributed by atoms with Crippen LogP contribution in [-0.2, 0) is 11.2 Å². The van der Waals surface area contributed by atoms with Gasteiger partial charge >= 0.3 is 5.97 Å². The Balaban J connectivity index is 2.66. The van der Waals surface area contributed by atoms with E-state index in [-0.39, 0.29) is 11.5 Å². The van der Waals surface area contributed by atoms with Crippen LogP contribution in [0.5, 0.6) is 0 Å². The molecule has 0 unspecified atom stereocenters. The minimum atomic E-state index is -0.952. The van der Waals surface area contributed by atoms with E-state index < -0.39 is 5.97 Å². The van der Waals surface area contributed by atoms with Crippen molar-refractivity contribution in [2.75, 3.05) is 6.54 Å². The number of hydrogen-bond acceptors (Lipinski definition) is 2. The van der Waals surface area contributed by atoms with E-state index in [1.807, 2.05) is 6.92 Å². The van der Waals surface area contributed by atoms with Crippen LogP contribution in [0.15, 0.2) is 24.3 Å². The van der Waals surface area contributed by atoms with Gasteiger partial charge in [-0.05, 0) is 25.0 Å². The summed E-state index contributed by atoms with van der Waals surface area (Å²) in [6.07, 6.45) is 0.770. The minimum absolute atomic E-state index is 0.0531. The highest BCUT2D eigenvalue weighted by Gasteiger charge is 2.09. The second-order valence-electron chi connectivity index (χ2n) is 3.42. The van der Waals surface area contributed by atoms with Crippen LogP contribution in [0.2, 0.25) is 0 Å². The Hall–Kier alpha value is -1.84. The number of amides is 1. The zero-order valence-electron chi connectivity index (χ0n) is 9.19. The van der Waals surface area contributed by atoms with Crippen molar-refractivity contribution >= 4 is 11.9 Å². The number of aromatic carboxylic acids is 1. The Bertz CT molecular complexity index is 388. The highest BCUT2D eigenvalue weighted by molar-refractivity contribution is 5.89. The molecule has 0 atom stereocenters. The molecule has 0 radical (unpaired) electrons. The maximum Gasteiger partial charge on any atom is 0.335 e. The summed E-state index contributed by atoms with van der Waals surface area (Å²) in [4.78, 5) is 22.1. The smallest absolute Gasteiger partial charge is 0.335 e. The van der Waals surface area contributed by atoms with Crippen molar-refractivity contribution in [1.82, 2.24) is 5.32 Å². The third kappa shape index (κ3) is 3.38. The molecule has 86 valence electrons. The number of nitrogens with one attached hydrogen (secondary N) is 1. The summed E-state index contributed by atoms with van der Waals surface area (Å²) in [5, 5.41) is 11.6. The first-order valence-electron chi connectivity index (χ1n) is 5.23. The molecule has 0 aliphatic heterocycles. The van der Waals surface area contributed by atoms with Crippen LogP contribution >= 0.6 is 0 Å². The maximum atomic E-state index is 11.2. The van der Waals surface area contributed by atoms with Crippen LogP contribution in [-0.4, -0.2) is 23.5 Å². The summed E-state index contributed by atoms with van der Waals surface area (Å²) in [5.41, 5.74) is 0.966. The molecule has 0 saturated carbocycles.